The van der Waals surface area contributed by atoms with Gasteiger partial charge in [0, 0.05) is 16.9 Å². The maximum atomic E-state index is 11.4. The van der Waals surface area contributed by atoms with Crippen molar-refractivity contribution < 1.29 is 4.79 Å². The van der Waals surface area contributed by atoms with Crippen LogP contribution in [0, 0.1) is 0 Å². The molecular formula is C11H14OS. The van der Waals surface area contributed by atoms with Gasteiger partial charge >= 0.3 is 0 Å². The molecule has 13 heavy (non-hydrogen) atoms. The Morgan fingerprint density at radius 3 is 2.62 bits per heavy atom. The quantitative estimate of drug-likeness (QED) is 0.578. The monoisotopic (exact) mass is 194 g/mol. The molecule has 0 aromatic heterocycles. The van der Waals surface area contributed by atoms with Gasteiger partial charge in [0.1, 0.15) is 0 Å². The van der Waals surface area contributed by atoms with Crippen LogP contribution in [-0.4, -0.2) is 5.78 Å². The Morgan fingerprint density at radius 2 is 2.08 bits per heavy atom. The van der Waals surface area contributed by atoms with Gasteiger partial charge in [-0.3, -0.25) is 4.79 Å². The van der Waals surface area contributed by atoms with E-state index in [0.717, 1.165) is 22.4 Å². The molecule has 0 saturated heterocycles. The van der Waals surface area contributed by atoms with E-state index in [0.29, 0.717) is 6.42 Å². The zero-order valence-corrected chi connectivity index (χ0v) is 8.90. The summed E-state index contributed by atoms with van der Waals surface area (Å²) in [6.45, 7) is 3.94. The van der Waals surface area contributed by atoms with E-state index in [4.69, 9.17) is 0 Å². The van der Waals surface area contributed by atoms with E-state index in [9.17, 15) is 4.79 Å². The van der Waals surface area contributed by atoms with Gasteiger partial charge < -0.3 is 0 Å². The zero-order valence-electron chi connectivity index (χ0n) is 8.00. The molecule has 0 saturated carbocycles. The summed E-state index contributed by atoms with van der Waals surface area (Å²) in [6, 6.07) is 5.67. The Bertz CT molecular complexity index is 318. The van der Waals surface area contributed by atoms with Crippen molar-refractivity contribution in [3.8, 4) is 0 Å². The van der Waals surface area contributed by atoms with Gasteiger partial charge in [-0.2, -0.15) is 0 Å². The highest BCUT2D eigenvalue weighted by molar-refractivity contribution is 7.80. The van der Waals surface area contributed by atoms with Gasteiger partial charge in [0.2, 0.25) is 0 Å². The van der Waals surface area contributed by atoms with Crippen molar-refractivity contribution in [1.82, 2.24) is 0 Å². The molecule has 0 aliphatic heterocycles. The normalized spacial score (nSPS) is 10.1. The van der Waals surface area contributed by atoms with E-state index in [1.165, 1.54) is 0 Å². The molecule has 0 atom stereocenters. The summed E-state index contributed by atoms with van der Waals surface area (Å²) >= 11 is 4.31. The number of carbonyl (C=O) groups excluding carboxylic acids is 1. The van der Waals surface area contributed by atoms with Crippen LogP contribution in [0.15, 0.2) is 23.1 Å². The summed E-state index contributed by atoms with van der Waals surface area (Å²) in [5.41, 5.74) is 1.94. The molecule has 0 radical (unpaired) electrons. The van der Waals surface area contributed by atoms with Crippen molar-refractivity contribution in [2.45, 2.75) is 31.6 Å². The first kappa shape index (κ1) is 10.3. The van der Waals surface area contributed by atoms with Crippen LogP contribution in [0.4, 0.5) is 0 Å². The van der Waals surface area contributed by atoms with E-state index < -0.39 is 0 Å². The van der Waals surface area contributed by atoms with Gasteiger partial charge in [-0.25, -0.2) is 0 Å². The van der Waals surface area contributed by atoms with Gasteiger partial charge in [0.25, 0.3) is 0 Å². The Kier molecular flexibility index (Phi) is 3.55. The first-order valence-corrected chi connectivity index (χ1v) is 4.98. The number of Topliss-reactive ketones (excluding diaryl/α,β-unsaturated/α-hetero) is 1. The van der Waals surface area contributed by atoms with Crippen LogP contribution in [0.2, 0.25) is 0 Å². The SMILES string of the molecule is CCC(=O)c1ccc(S)c(CC)c1. The van der Waals surface area contributed by atoms with E-state index in [1.807, 2.05) is 25.1 Å². The van der Waals surface area contributed by atoms with Crippen molar-refractivity contribution in [2.75, 3.05) is 0 Å². The summed E-state index contributed by atoms with van der Waals surface area (Å²) in [6.07, 6.45) is 1.48. The number of carbonyl (C=O) groups is 1. The second-order valence-corrected chi connectivity index (χ2v) is 3.46. The first-order valence-electron chi connectivity index (χ1n) is 4.54. The Morgan fingerprint density at radius 1 is 1.38 bits per heavy atom. The minimum atomic E-state index is 0.197. The van der Waals surface area contributed by atoms with E-state index in [2.05, 4.69) is 19.6 Å². The van der Waals surface area contributed by atoms with Gasteiger partial charge in [0.15, 0.2) is 5.78 Å². The van der Waals surface area contributed by atoms with Crippen LogP contribution in [0.1, 0.15) is 36.2 Å². The predicted molar refractivity (Wildman–Crippen MR) is 57.7 cm³/mol. The first-order chi connectivity index (χ1) is 6.19. The Labute approximate surface area is 84.6 Å². The molecular weight excluding hydrogens is 180 g/mol. The van der Waals surface area contributed by atoms with Gasteiger partial charge in [-0.15, -0.1) is 12.6 Å². The standard InChI is InChI=1S/C11H14OS/c1-3-8-7-9(10(12)4-2)5-6-11(8)13/h5-7,13H,3-4H2,1-2H3. The highest BCUT2D eigenvalue weighted by Gasteiger charge is 2.04. The minimum Gasteiger partial charge on any atom is -0.294 e. The third-order valence-electron chi connectivity index (χ3n) is 2.10. The number of ketones is 1. The number of hydrogen-bond acceptors (Lipinski definition) is 2. The largest absolute Gasteiger partial charge is 0.294 e. The van der Waals surface area contributed by atoms with Crippen LogP contribution in [0.25, 0.3) is 0 Å². The molecule has 1 aromatic rings. The number of hydrogen-bond donors (Lipinski definition) is 1. The molecule has 0 unspecified atom stereocenters. The molecule has 70 valence electrons. The highest BCUT2D eigenvalue weighted by Crippen LogP contribution is 2.17. The molecule has 0 aliphatic carbocycles. The lowest BCUT2D eigenvalue weighted by molar-refractivity contribution is 0.0988. The van der Waals surface area contributed by atoms with E-state index in [-0.39, 0.29) is 5.78 Å². The summed E-state index contributed by atoms with van der Waals surface area (Å²) in [5.74, 6) is 0.197. The van der Waals surface area contributed by atoms with Crippen LogP contribution in [0.3, 0.4) is 0 Å². The molecule has 2 heteroatoms. The fraction of sp³-hybridized carbons (Fsp3) is 0.364. The second-order valence-electron chi connectivity index (χ2n) is 2.97. The minimum absolute atomic E-state index is 0.197. The van der Waals surface area contributed by atoms with Crippen LogP contribution in [0.5, 0.6) is 0 Å². The summed E-state index contributed by atoms with van der Waals surface area (Å²) in [7, 11) is 0. The maximum Gasteiger partial charge on any atom is 0.162 e. The fourth-order valence-corrected chi connectivity index (χ4v) is 1.54. The van der Waals surface area contributed by atoms with Crippen LogP contribution in [-0.2, 0) is 6.42 Å². The van der Waals surface area contributed by atoms with Crippen molar-refractivity contribution in [2.24, 2.45) is 0 Å². The lowest BCUT2D eigenvalue weighted by Gasteiger charge is -2.04. The Hall–Kier alpha value is -0.760. The molecule has 0 fully saturated rings. The molecule has 0 amide bonds. The van der Waals surface area contributed by atoms with Gasteiger partial charge in [-0.1, -0.05) is 19.9 Å². The average molecular weight is 194 g/mol. The zero-order chi connectivity index (χ0) is 9.84. The highest BCUT2D eigenvalue weighted by atomic mass is 32.1. The third kappa shape index (κ3) is 2.34. The molecule has 0 bridgehead atoms. The molecule has 1 nitrogen and oxygen atoms in total. The third-order valence-corrected chi connectivity index (χ3v) is 2.54. The summed E-state index contributed by atoms with van der Waals surface area (Å²) in [4.78, 5) is 12.3. The van der Waals surface area contributed by atoms with Crippen molar-refractivity contribution in [3.05, 3.63) is 29.3 Å². The topological polar surface area (TPSA) is 17.1 Å². The van der Waals surface area contributed by atoms with Crippen molar-refractivity contribution in [1.29, 1.82) is 0 Å². The predicted octanol–water partition coefficient (Wildman–Crippen LogP) is 3.13. The van der Waals surface area contributed by atoms with Crippen LogP contribution < -0.4 is 0 Å². The van der Waals surface area contributed by atoms with E-state index >= 15 is 0 Å². The lowest BCUT2D eigenvalue weighted by Crippen LogP contribution is -1.97. The Balaban J connectivity index is 3.06. The molecule has 0 heterocycles. The number of rotatable bonds is 3. The fourth-order valence-electron chi connectivity index (χ4n) is 1.25. The molecule has 0 spiro atoms. The smallest absolute Gasteiger partial charge is 0.162 e. The number of thiol groups is 1. The lowest BCUT2D eigenvalue weighted by atomic mass is 10.0. The van der Waals surface area contributed by atoms with Gasteiger partial charge in [0.05, 0.1) is 0 Å². The van der Waals surface area contributed by atoms with Gasteiger partial charge in [-0.05, 0) is 24.1 Å². The molecule has 1 rings (SSSR count). The maximum absolute atomic E-state index is 11.4. The van der Waals surface area contributed by atoms with Crippen molar-refractivity contribution in [3.63, 3.8) is 0 Å². The average Bonchev–Trinajstić information content (AvgIpc) is 2.17. The number of benzene rings is 1. The summed E-state index contributed by atoms with van der Waals surface area (Å²) < 4.78 is 0. The van der Waals surface area contributed by atoms with Crippen LogP contribution >= 0.6 is 12.6 Å². The van der Waals surface area contributed by atoms with Crippen molar-refractivity contribution >= 4 is 18.4 Å². The second kappa shape index (κ2) is 4.47. The summed E-state index contributed by atoms with van der Waals surface area (Å²) in [5, 5.41) is 0. The number of aryl methyl sites for hydroxylation is 1. The molecule has 1 aromatic carbocycles. The molecule has 0 aliphatic rings. The molecule has 0 N–H and O–H groups in total. The van der Waals surface area contributed by atoms with E-state index in [1.54, 1.807) is 0 Å².